The van der Waals surface area contributed by atoms with Gasteiger partial charge in [0.1, 0.15) is 17.6 Å². The quantitative estimate of drug-likeness (QED) is 0.154. The molecule has 12 nitrogen and oxygen atoms in total. The molecule has 0 aromatic heterocycles. The van der Waals surface area contributed by atoms with Gasteiger partial charge < -0.3 is 30.5 Å². The number of nitrogens with two attached hydrogens (primary N) is 1. The number of carbonyl (C=O) groups is 2. The first-order chi connectivity index (χ1) is 24.4. The summed E-state index contributed by atoms with van der Waals surface area (Å²) in [4.78, 5) is 30.3. The van der Waals surface area contributed by atoms with Crippen LogP contribution in [0.1, 0.15) is 35.3 Å². The molecule has 51 heavy (non-hydrogen) atoms. The van der Waals surface area contributed by atoms with Crippen LogP contribution in [-0.4, -0.2) is 81.1 Å². The molecule has 0 aliphatic carbocycles. The van der Waals surface area contributed by atoms with Crippen molar-refractivity contribution < 1.29 is 32.6 Å². The van der Waals surface area contributed by atoms with Crippen LogP contribution in [0.5, 0.6) is 11.5 Å². The van der Waals surface area contributed by atoms with Gasteiger partial charge in [-0.1, -0.05) is 31.2 Å². The van der Waals surface area contributed by atoms with Crippen molar-refractivity contribution in [2.24, 2.45) is 5.92 Å². The third-order valence-corrected chi connectivity index (χ3v) is 10.3. The van der Waals surface area contributed by atoms with Crippen molar-refractivity contribution in [1.82, 2.24) is 9.80 Å². The number of nitrogens with zero attached hydrogens (tertiary/aromatic N) is 2. The number of hydrogen-bond donors (Lipinski definition) is 4. The number of likely N-dealkylation sites (N-methyl/N-ethyl adjacent to an activating group) is 1. The van der Waals surface area contributed by atoms with Crippen LogP contribution < -0.4 is 25.2 Å². The zero-order valence-corrected chi connectivity index (χ0v) is 30.0. The zero-order chi connectivity index (χ0) is 36.7. The topological polar surface area (TPSA) is 164 Å². The van der Waals surface area contributed by atoms with E-state index >= 15 is 0 Å². The number of aliphatic hydroxyl groups is 1. The van der Waals surface area contributed by atoms with Crippen LogP contribution in [0.3, 0.4) is 0 Å². The molecule has 0 unspecified atom stereocenters. The second-order valence-electron chi connectivity index (χ2n) is 12.9. The van der Waals surface area contributed by atoms with Gasteiger partial charge in [0.25, 0.3) is 15.9 Å². The number of para-hydroxylation sites is 2. The molecule has 4 aromatic rings. The fraction of sp³-hybridized carbons (Fsp3) is 0.316. The molecule has 0 saturated heterocycles. The molecule has 4 aromatic carbocycles. The van der Waals surface area contributed by atoms with Crippen molar-refractivity contribution >= 4 is 38.9 Å². The number of methoxy groups -OCH3 is 1. The molecule has 1 aliphatic rings. The predicted molar refractivity (Wildman–Crippen MR) is 197 cm³/mol. The molecule has 0 saturated carbocycles. The summed E-state index contributed by atoms with van der Waals surface area (Å²) in [6.07, 6.45) is -0.402. The summed E-state index contributed by atoms with van der Waals surface area (Å²) in [5.74, 6) is 0.435. The molecule has 2 amide bonds. The number of nitrogens with one attached hydrogen (secondary N) is 2. The van der Waals surface area contributed by atoms with Crippen molar-refractivity contribution in [3.8, 4) is 11.5 Å². The Balaban J connectivity index is 1.33. The Bertz CT molecular complexity index is 1940. The lowest BCUT2D eigenvalue weighted by Gasteiger charge is -2.34. The number of carbonyl (C=O) groups excluding carboxylic acids is 2. The molecule has 0 spiro atoms. The number of fused-ring (bicyclic) bond motifs is 1. The van der Waals surface area contributed by atoms with Crippen LogP contribution in [0.25, 0.3) is 0 Å². The van der Waals surface area contributed by atoms with Crippen molar-refractivity contribution in [3.63, 3.8) is 0 Å². The van der Waals surface area contributed by atoms with Gasteiger partial charge in [-0.3, -0.25) is 19.2 Å². The second kappa shape index (κ2) is 16.3. The Morgan fingerprint density at radius 1 is 1.08 bits per heavy atom. The fourth-order valence-electron chi connectivity index (χ4n) is 5.93. The van der Waals surface area contributed by atoms with E-state index in [0.29, 0.717) is 53.6 Å². The van der Waals surface area contributed by atoms with Crippen molar-refractivity contribution in [2.45, 2.75) is 43.9 Å². The summed E-state index contributed by atoms with van der Waals surface area (Å²) < 4.78 is 40.7. The van der Waals surface area contributed by atoms with E-state index in [2.05, 4.69) is 14.9 Å². The predicted octanol–water partition coefficient (Wildman–Crippen LogP) is 4.61. The summed E-state index contributed by atoms with van der Waals surface area (Å²) in [7, 11) is -0.453. The molecule has 5 N–H and O–H groups in total. The fourth-order valence-corrected chi connectivity index (χ4v) is 6.98. The minimum Gasteiger partial charge on any atom is -0.497 e. The number of amides is 2. The molecule has 5 rings (SSSR count). The normalized spacial score (nSPS) is 17.0. The van der Waals surface area contributed by atoms with Crippen LogP contribution >= 0.6 is 0 Å². The average molecular weight is 716 g/mol. The van der Waals surface area contributed by atoms with Crippen molar-refractivity contribution in [1.29, 1.82) is 0 Å². The lowest BCUT2D eigenvalue weighted by Crippen LogP contribution is -2.47. The molecular formula is C38H45N5O7S. The number of aliphatic hydroxyl groups excluding tert-OH is 1. The largest absolute Gasteiger partial charge is 0.497 e. The first-order valence-electron chi connectivity index (χ1n) is 16.7. The molecule has 3 atom stereocenters. The molecule has 1 aliphatic heterocycles. The Morgan fingerprint density at radius 3 is 2.45 bits per heavy atom. The van der Waals surface area contributed by atoms with E-state index in [9.17, 15) is 23.1 Å². The Morgan fingerprint density at radius 2 is 1.78 bits per heavy atom. The van der Waals surface area contributed by atoms with Gasteiger partial charge in [-0.2, -0.15) is 0 Å². The van der Waals surface area contributed by atoms with E-state index in [4.69, 9.17) is 15.2 Å². The molecule has 13 heteroatoms. The highest BCUT2D eigenvalue weighted by molar-refractivity contribution is 7.92. The molecule has 1 heterocycles. The smallest absolute Gasteiger partial charge is 0.261 e. The lowest BCUT2D eigenvalue weighted by molar-refractivity contribution is -0.134. The summed E-state index contributed by atoms with van der Waals surface area (Å²) in [5, 5.41) is 12.8. The number of sulfonamides is 1. The maximum Gasteiger partial charge on any atom is 0.261 e. The maximum atomic E-state index is 13.6. The highest BCUT2D eigenvalue weighted by Gasteiger charge is 2.31. The third kappa shape index (κ3) is 9.37. The van der Waals surface area contributed by atoms with Gasteiger partial charge in [-0.15, -0.1) is 0 Å². The number of hydrogen-bond acceptors (Lipinski definition) is 9. The van der Waals surface area contributed by atoms with E-state index in [-0.39, 0.29) is 47.4 Å². The van der Waals surface area contributed by atoms with Crippen molar-refractivity contribution in [3.05, 3.63) is 108 Å². The second-order valence-corrected chi connectivity index (χ2v) is 14.6. The highest BCUT2D eigenvalue weighted by atomic mass is 32.2. The lowest BCUT2D eigenvalue weighted by atomic mass is 10.0. The van der Waals surface area contributed by atoms with Crippen molar-refractivity contribution in [2.75, 3.05) is 49.6 Å². The molecule has 270 valence electrons. The Hall–Kier alpha value is -5.11. The molecular weight excluding hydrogens is 671 g/mol. The van der Waals surface area contributed by atoms with Gasteiger partial charge in [0.05, 0.1) is 42.4 Å². The first kappa shape index (κ1) is 37.2. The summed E-state index contributed by atoms with van der Waals surface area (Å²) in [6, 6.07) is 25.0. The van der Waals surface area contributed by atoms with E-state index in [0.717, 1.165) is 5.56 Å². The molecule has 0 fully saturated rings. The summed E-state index contributed by atoms with van der Waals surface area (Å²) in [5.41, 5.74) is 9.31. The monoisotopic (exact) mass is 715 g/mol. The number of benzene rings is 4. The highest BCUT2D eigenvalue weighted by Crippen LogP contribution is 2.30. The van der Waals surface area contributed by atoms with E-state index in [1.807, 2.05) is 26.1 Å². The third-order valence-electron chi connectivity index (χ3n) is 8.91. The number of nitrogen functional groups attached to an aromatic ring is 1. The van der Waals surface area contributed by atoms with Gasteiger partial charge in [-0.05, 0) is 86.3 Å². The number of ether oxygens (including phenoxy) is 2. The molecule has 0 radical (unpaired) electrons. The van der Waals surface area contributed by atoms with Crippen LogP contribution in [0.4, 0.5) is 17.1 Å². The number of anilines is 3. The van der Waals surface area contributed by atoms with E-state index in [1.54, 1.807) is 78.6 Å². The standard InChI is InChI=1S/C38H45N5O7S/c1-25-21-43(26(2)24-44)37(45)20-29-19-30(41-51(47,48)32-16-14-31(49-4)15-17-32)13-18-35(29)50-36(25)23-42(3)22-27-9-11-28(12-10-27)38(46)40-34-8-6-5-7-33(34)39/h5-19,25-26,36,41,44H,20-24,39H2,1-4H3,(H,40,46)/t25-,26+,36+/m0/s1. The van der Waals surface area contributed by atoms with E-state index < -0.39 is 16.1 Å². The average Bonchev–Trinajstić information content (AvgIpc) is 3.16. The molecule has 0 bridgehead atoms. The van der Waals surface area contributed by atoms with Gasteiger partial charge >= 0.3 is 0 Å². The minimum absolute atomic E-state index is 0.0378. The van der Waals surface area contributed by atoms with Gasteiger partial charge in [0.15, 0.2) is 0 Å². The van der Waals surface area contributed by atoms with Crippen LogP contribution in [-0.2, 0) is 27.8 Å². The zero-order valence-electron chi connectivity index (χ0n) is 29.2. The summed E-state index contributed by atoms with van der Waals surface area (Å²) >= 11 is 0. The SMILES string of the molecule is COc1ccc(S(=O)(=O)Nc2ccc3c(c2)CC(=O)N([C@H](C)CO)C[C@H](C)[C@@H](CN(C)Cc2ccc(C(=O)Nc4ccccc4N)cc2)O3)cc1. The Labute approximate surface area is 299 Å². The maximum absolute atomic E-state index is 13.6. The van der Waals surface area contributed by atoms with E-state index in [1.165, 1.54) is 19.2 Å². The minimum atomic E-state index is -3.93. The van der Waals surface area contributed by atoms with Gasteiger partial charge in [0, 0.05) is 42.4 Å². The van der Waals surface area contributed by atoms with Gasteiger partial charge in [0.2, 0.25) is 5.91 Å². The Kier molecular flexibility index (Phi) is 11.9. The van der Waals surface area contributed by atoms with Gasteiger partial charge in [-0.25, -0.2) is 8.42 Å². The van der Waals surface area contributed by atoms with Crippen LogP contribution in [0.2, 0.25) is 0 Å². The van der Waals surface area contributed by atoms with Crippen LogP contribution in [0, 0.1) is 5.92 Å². The summed E-state index contributed by atoms with van der Waals surface area (Å²) in [6.45, 7) is 5.03. The first-order valence-corrected chi connectivity index (χ1v) is 18.1. The van der Waals surface area contributed by atoms with Crippen LogP contribution in [0.15, 0.2) is 95.9 Å². The number of rotatable bonds is 12.